The standard InChI is InChI=1S/C16H25N3O3/c1-5-17-16(21)12(3)18-11(2)10-15(20)19-13-6-8-14(22-4)9-7-13/h6-9,11-12,18H,5,10H2,1-4H3,(H,17,21)(H,19,20)/t11-,12+/m0/s1. The Kier molecular flexibility index (Phi) is 7.39. The Hall–Kier alpha value is -2.08. The van der Waals surface area contributed by atoms with Crippen LogP contribution in [0.1, 0.15) is 27.2 Å². The van der Waals surface area contributed by atoms with Crippen LogP contribution < -0.4 is 20.7 Å². The van der Waals surface area contributed by atoms with Gasteiger partial charge in [0.2, 0.25) is 11.8 Å². The van der Waals surface area contributed by atoms with Crippen LogP contribution >= 0.6 is 0 Å². The van der Waals surface area contributed by atoms with Crippen molar-refractivity contribution in [2.75, 3.05) is 19.0 Å². The molecule has 0 radical (unpaired) electrons. The van der Waals surface area contributed by atoms with E-state index in [1.165, 1.54) is 0 Å². The molecular formula is C16H25N3O3. The lowest BCUT2D eigenvalue weighted by Crippen LogP contribution is -2.46. The van der Waals surface area contributed by atoms with Crippen molar-refractivity contribution in [3.05, 3.63) is 24.3 Å². The molecule has 0 unspecified atom stereocenters. The number of amides is 2. The summed E-state index contributed by atoms with van der Waals surface area (Å²) in [5.41, 5.74) is 0.717. The van der Waals surface area contributed by atoms with Crippen LogP contribution in [-0.4, -0.2) is 37.6 Å². The zero-order chi connectivity index (χ0) is 16.5. The minimum Gasteiger partial charge on any atom is -0.497 e. The van der Waals surface area contributed by atoms with Gasteiger partial charge < -0.3 is 20.7 Å². The molecule has 0 aliphatic carbocycles. The van der Waals surface area contributed by atoms with Crippen molar-refractivity contribution < 1.29 is 14.3 Å². The predicted octanol–water partition coefficient (Wildman–Crippen LogP) is 1.53. The van der Waals surface area contributed by atoms with Crippen molar-refractivity contribution in [2.24, 2.45) is 0 Å². The third kappa shape index (κ3) is 6.13. The van der Waals surface area contributed by atoms with E-state index >= 15 is 0 Å². The lowest BCUT2D eigenvalue weighted by Gasteiger charge is -2.19. The highest BCUT2D eigenvalue weighted by atomic mass is 16.5. The molecule has 1 aromatic rings. The third-order valence-corrected chi connectivity index (χ3v) is 3.14. The van der Waals surface area contributed by atoms with Crippen LogP contribution in [0.4, 0.5) is 5.69 Å². The van der Waals surface area contributed by atoms with Crippen molar-refractivity contribution in [1.82, 2.24) is 10.6 Å². The highest BCUT2D eigenvalue weighted by Gasteiger charge is 2.16. The Morgan fingerprint density at radius 3 is 2.36 bits per heavy atom. The van der Waals surface area contributed by atoms with E-state index < -0.39 is 0 Å². The summed E-state index contributed by atoms with van der Waals surface area (Å²) in [6.07, 6.45) is 0.287. The number of nitrogens with one attached hydrogen (secondary N) is 3. The van der Waals surface area contributed by atoms with Crippen molar-refractivity contribution >= 4 is 17.5 Å². The molecule has 22 heavy (non-hydrogen) atoms. The van der Waals surface area contributed by atoms with E-state index in [1.807, 2.05) is 13.8 Å². The molecule has 2 amide bonds. The summed E-state index contributed by atoms with van der Waals surface area (Å²) in [7, 11) is 1.59. The van der Waals surface area contributed by atoms with E-state index in [1.54, 1.807) is 38.3 Å². The quantitative estimate of drug-likeness (QED) is 0.680. The number of carbonyl (C=O) groups excluding carboxylic acids is 2. The van der Waals surface area contributed by atoms with Crippen LogP contribution in [0.2, 0.25) is 0 Å². The fourth-order valence-corrected chi connectivity index (χ4v) is 2.05. The van der Waals surface area contributed by atoms with Crippen LogP contribution in [0.5, 0.6) is 5.75 Å². The number of carbonyl (C=O) groups is 2. The van der Waals surface area contributed by atoms with Gasteiger partial charge in [0.05, 0.1) is 13.2 Å². The third-order valence-electron chi connectivity index (χ3n) is 3.14. The molecule has 6 nitrogen and oxygen atoms in total. The Balaban J connectivity index is 2.41. The molecule has 1 aromatic carbocycles. The van der Waals surface area contributed by atoms with E-state index in [0.29, 0.717) is 6.54 Å². The molecule has 0 aromatic heterocycles. The van der Waals surface area contributed by atoms with E-state index in [2.05, 4.69) is 16.0 Å². The normalized spacial score (nSPS) is 13.1. The Morgan fingerprint density at radius 1 is 1.18 bits per heavy atom. The number of likely N-dealkylation sites (N-methyl/N-ethyl adjacent to an activating group) is 1. The number of hydrogen-bond acceptors (Lipinski definition) is 4. The summed E-state index contributed by atoms with van der Waals surface area (Å²) in [4.78, 5) is 23.6. The molecule has 0 spiro atoms. The van der Waals surface area contributed by atoms with Crippen LogP contribution in [-0.2, 0) is 9.59 Å². The largest absolute Gasteiger partial charge is 0.497 e. The number of ether oxygens (including phenoxy) is 1. The second-order valence-electron chi connectivity index (χ2n) is 5.16. The number of rotatable bonds is 8. The van der Waals surface area contributed by atoms with Gasteiger partial charge in [0.15, 0.2) is 0 Å². The van der Waals surface area contributed by atoms with E-state index in [-0.39, 0.29) is 30.3 Å². The smallest absolute Gasteiger partial charge is 0.236 e. The summed E-state index contributed by atoms with van der Waals surface area (Å²) < 4.78 is 5.06. The van der Waals surface area contributed by atoms with Crippen molar-refractivity contribution in [3.8, 4) is 5.75 Å². The fraction of sp³-hybridized carbons (Fsp3) is 0.500. The number of methoxy groups -OCH3 is 1. The Labute approximate surface area is 131 Å². The van der Waals surface area contributed by atoms with Gasteiger partial charge in [-0.1, -0.05) is 0 Å². The summed E-state index contributed by atoms with van der Waals surface area (Å²) in [6, 6.07) is 6.71. The molecule has 122 valence electrons. The van der Waals surface area contributed by atoms with Crippen LogP contribution in [0.25, 0.3) is 0 Å². The first-order valence-corrected chi connectivity index (χ1v) is 7.44. The molecule has 0 saturated carbocycles. The topological polar surface area (TPSA) is 79.5 Å². The zero-order valence-corrected chi connectivity index (χ0v) is 13.6. The molecular weight excluding hydrogens is 282 g/mol. The average Bonchev–Trinajstić information content (AvgIpc) is 2.47. The molecule has 3 N–H and O–H groups in total. The highest BCUT2D eigenvalue weighted by molar-refractivity contribution is 5.91. The lowest BCUT2D eigenvalue weighted by atomic mass is 10.2. The van der Waals surface area contributed by atoms with Gasteiger partial charge >= 0.3 is 0 Å². The van der Waals surface area contributed by atoms with E-state index in [0.717, 1.165) is 11.4 Å². The minimum absolute atomic E-state index is 0.0649. The summed E-state index contributed by atoms with van der Waals surface area (Å²) in [5.74, 6) is 0.571. The van der Waals surface area contributed by atoms with Gasteiger partial charge in [-0.15, -0.1) is 0 Å². The summed E-state index contributed by atoms with van der Waals surface area (Å²) >= 11 is 0. The molecule has 2 atom stereocenters. The first-order chi connectivity index (χ1) is 10.5. The Bertz CT molecular complexity index is 488. The summed E-state index contributed by atoms with van der Waals surface area (Å²) in [5, 5.41) is 8.66. The lowest BCUT2D eigenvalue weighted by molar-refractivity contribution is -0.123. The second-order valence-corrected chi connectivity index (χ2v) is 5.16. The van der Waals surface area contributed by atoms with Gasteiger partial charge in [0, 0.05) is 24.7 Å². The zero-order valence-electron chi connectivity index (χ0n) is 13.6. The maximum atomic E-state index is 12.0. The predicted molar refractivity (Wildman–Crippen MR) is 87.0 cm³/mol. The van der Waals surface area contributed by atoms with Gasteiger partial charge in [-0.3, -0.25) is 9.59 Å². The number of hydrogen-bond donors (Lipinski definition) is 3. The molecule has 0 aliphatic rings. The van der Waals surface area contributed by atoms with E-state index in [4.69, 9.17) is 4.74 Å². The highest BCUT2D eigenvalue weighted by Crippen LogP contribution is 2.15. The van der Waals surface area contributed by atoms with Crippen molar-refractivity contribution in [2.45, 2.75) is 39.3 Å². The molecule has 1 rings (SSSR count). The molecule has 6 heteroatoms. The minimum atomic E-state index is -0.330. The van der Waals surface area contributed by atoms with Gasteiger partial charge in [-0.2, -0.15) is 0 Å². The van der Waals surface area contributed by atoms with Gasteiger partial charge in [0.25, 0.3) is 0 Å². The molecule has 0 fully saturated rings. The maximum absolute atomic E-state index is 12.0. The number of benzene rings is 1. The summed E-state index contributed by atoms with van der Waals surface area (Å²) in [6.45, 7) is 6.12. The Morgan fingerprint density at radius 2 is 1.82 bits per heavy atom. The second kappa shape index (κ2) is 9.04. The van der Waals surface area contributed by atoms with Crippen molar-refractivity contribution in [1.29, 1.82) is 0 Å². The van der Waals surface area contributed by atoms with Crippen LogP contribution in [0.3, 0.4) is 0 Å². The molecule has 0 bridgehead atoms. The molecule has 0 heterocycles. The SMILES string of the molecule is CCNC(=O)[C@@H](C)N[C@@H](C)CC(=O)Nc1ccc(OC)cc1. The monoisotopic (exact) mass is 307 g/mol. The maximum Gasteiger partial charge on any atom is 0.236 e. The first-order valence-electron chi connectivity index (χ1n) is 7.44. The van der Waals surface area contributed by atoms with E-state index in [9.17, 15) is 9.59 Å². The fourth-order valence-electron chi connectivity index (χ4n) is 2.05. The van der Waals surface area contributed by atoms with Crippen LogP contribution in [0.15, 0.2) is 24.3 Å². The number of anilines is 1. The first kappa shape index (κ1) is 18.0. The van der Waals surface area contributed by atoms with Crippen LogP contribution in [0, 0.1) is 0 Å². The average molecular weight is 307 g/mol. The molecule has 0 saturated heterocycles. The molecule has 0 aliphatic heterocycles. The van der Waals surface area contributed by atoms with Gasteiger partial charge in [-0.05, 0) is 45.0 Å². The van der Waals surface area contributed by atoms with Gasteiger partial charge in [-0.25, -0.2) is 0 Å². The van der Waals surface area contributed by atoms with Gasteiger partial charge in [0.1, 0.15) is 5.75 Å². The van der Waals surface area contributed by atoms with Crippen molar-refractivity contribution in [3.63, 3.8) is 0 Å².